The first-order valence-corrected chi connectivity index (χ1v) is 13.8. The largest absolute Gasteiger partial charge is 0.383 e. The van der Waals surface area contributed by atoms with Crippen molar-refractivity contribution in [1.82, 2.24) is 34.4 Å². The molecule has 40 heavy (non-hydrogen) atoms. The first kappa shape index (κ1) is 26.0. The van der Waals surface area contributed by atoms with E-state index in [4.69, 9.17) is 16.7 Å². The molecule has 11 heteroatoms. The monoisotopic (exact) mass is 555 g/mol. The van der Waals surface area contributed by atoms with Gasteiger partial charge in [0.25, 0.3) is 5.56 Å². The van der Waals surface area contributed by atoms with E-state index < -0.39 is 0 Å². The number of hydrogen-bond acceptors (Lipinski definition) is 7. The van der Waals surface area contributed by atoms with Crippen molar-refractivity contribution in [2.45, 2.75) is 32.2 Å². The summed E-state index contributed by atoms with van der Waals surface area (Å²) in [5.41, 5.74) is 5.32. The number of pyridine rings is 2. The van der Waals surface area contributed by atoms with Crippen molar-refractivity contribution in [3.05, 3.63) is 69.0 Å². The van der Waals surface area contributed by atoms with Crippen LogP contribution >= 0.6 is 11.6 Å². The van der Waals surface area contributed by atoms with Crippen LogP contribution in [0.1, 0.15) is 35.7 Å². The van der Waals surface area contributed by atoms with E-state index in [0.717, 1.165) is 64.9 Å². The molecule has 0 saturated carbocycles. The number of hydrogen-bond donors (Lipinski definition) is 2. The van der Waals surface area contributed by atoms with Crippen molar-refractivity contribution in [3.8, 4) is 17.3 Å². The highest BCUT2D eigenvalue weighted by atomic mass is 35.5. The molecule has 0 spiro atoms. The minimum Gasteiger partial charge on any atom is -0.383 e. The quantitative estimate of drug-likeness (QED) is 0.297. The zero-order valence-corrected chi connectivity index (χ0v) is 23.5. The van der Waals surface area contributed by atoms with Crippen molar-refractivity contribution in [3.63, 3.8) is 0 Å². The van der Waals surface area contributed by atoms with Gasteiger partial charge in [0.15, 0.2) is 0 Å². The fourth-order valence-electron chi connectivity index (χ4n) is 5.81. The number of aryl methyl sites for hydroxylation is 2. The highest BCUT2D eigenvalue weighted by Gasteiger charge is 2.24. The lowest BCUT2D eigenvalue weighted by Gasteiger charge is -2.29. The van der Waals surface area contributed by atoms with Gasteiger partial charge < -0.3 is 10.2 Å². The van der Waals surface area contributed by atoms with Crippen molar-refractivity contribution < 1.29 is 0 Å². The molecule has 4 aromatic heterocycles. The number of fused-ring (bicyclic) bond motifs is 3. The van der Waals surface area contributed by atoms with Gasteiger partial charge in [-0.1, -0.05) is 11.6 Å². The molecule has 5 aromatic rings. The summed E-state index contributed by atoms with van der Waals surface area (Å²) in [5.74, 6) is 0. The molecule has 1 aliphatic heterocycles. The van der Waals surface area contributed by atoms with Crippen LogP contribution in [0.15, 0.2) is 41.5 Å². The van der Waals surface area contributed by atoms with Crippen molar-refractivity contribution >= 4 is 39.1 Å². The summed E-state index contributed by atoms with van der Waals surface area (Å²) >= 11 is 6.22. The number of halogens is 1. The molecule has 0 aliphatic carbocycles. The molecule has 1 aromatic carbocycles. The number of benzene rings is 1. The Labute approximate surface area is 236 Å². The molecular weight excluding hydrogens is 526 g/mol. The second-order valence-electron chi connectivity index (χ2n) is 10.5. The summed E-state index contributed by atoms with van der Waals surface area (Å²) in [7, 11) is 3.93. The first-order chi connectivity index (χ1) is 19.4. The van der Waals surface area contributed by atoms with Gasteiger partial charge >= 0.3 is 0 Å². The normalized spacial score (nSPS) is 14.7. The number of nitrogens with one attached hydrogen (secondary N) is 2. The van der Waals surface area contributed by atoms with Crippen molar-refractivity contribution in [1.29, 1.82) is 5.26 Å². The Hall–Kier alpha value is -4.20. The van der Waals surface area contributed by atoms with Crippen LogP contribution in [0.2, 0.25) is 5.15 Å². The number of piperidine rings is 1. The fraction of sp³-hybridized carbons (Fsp3) is 0.345. The minimum atomic E-state index is -0.122. The first-order valence-electron chi connectivity index (χ1n) is 13.4. The number of aromatic amines is 1. The molecule has 0 radical (unpaired) electrons. The lowest BCUT2D eigenvalue weighted by molar-refractivity contribution is 0.214. The third-order valence-corrected chi connectivity index (χ3v) is 8.14. The summed E-state index contributed by atoms with van der Waals surface area (Å²) in [4.78, 5) is 20.5. The summed E-state index contributed by atoms with van der Waals surface area (Å²) in [5, 5.41) is 27.9. The fourth-order valence-corrected chi connectivity index (χ4v) is 5.96. The Morgan fingerprint density at radius 3 is 2.73 bits per heavy atom. The highest BCUT2D eigenvalue weighted by molar-refractivity contribution is 6.29. The van der Waals surface area contributed by atoms with E-state index in [1.165, 1.54) is 0 Å². The summed E-state index contributed by atoms with van der Waals surface area (Å²) < 4.78 is 3.72. The minimum absolute atomic E-state index is 0.122. The van der Waals surface area contributed by atoms with Gasteiger partial charge in [-0.15, -0.1) is 0 Å². The Balaban J connectivity index is 1.40. The number of nitrogens with zero attached hydrogens (tertiary/aromatic N) is 7. The molecule has 0 bridgehead atoms. The number of H-pyrrole nitrogens is 1. The van der Waals surface area contributed by atoms with Gasteiger partial charge in [-0.3, -0.25) is 14.5 Å². The molecule has 204 valence electrons. The lowest BCUT2D eigenvalue weighted by Crippen LogP contribution is -2.32. The maximum absolute atomic E-state index is 13.6. The zero-order valence-electron chi connectivity index (χ0n) is 22.7. The summed E-state index contributed by atoms with van der Waals surface area (Å²) in [6.07, 6.45) is 6.23. The van der Waals surface area contributed by atoms with Gasteiger partial charge in [0.05, 0.1) is 40.9 Å². The SMILES string of the molecule is Cc1n[nH]cc1-c1nc(Cl)ccc1NCCc1cc(C#N)cc2c(=O)n(C)c3c(cnn3C3CCN(C)CC3)c12. The van der Waals surface area contributed by atoms with E-state index >= 15 is 0 Å². The predicted molar refractivity (Wildman–Crippen MR) is 157 cm³/mol. The topological polar surface area (TPSA) is 120 Å². The Morgan fingerprint density at radius 1 is 1.20 bits per heavy atom. The van der Waals surface area contributed by atoms with Gasteiger partial charge in [0.1, 0.15) is 10.8 Å². The van der Waals surface area contributed by atoms with Gasteiger partial charge in [0.2, 0.25) is 0 Å². The number of aromatic nitrogens is 6. The van der Waals surface area contributed by atoms with Crippen LogP contribution in [-0.2, 0) is 13.5 Å². The van der Waals surface area contributed by atoms with Crippen LogP contribution in [-0.4, -0.2) is 61.1 Å². The molecular formula is C29H30ClN9O. The van der Waals surface area contributed by atoms with Crippen LogP contribution in [0.4, 0.5) is 5.69 Å². The lowest BCUT2D eigenvalue weighted by atomic mass is 9.97. The van der Waals surface area contributed by atoms with Crippen molar-refractivity contribution in [2.75, 3.05) is 32.0 Å². The highest BCUT2D eigenvalue weighted by Crippen LogP contribution is 2.32. The molecule has 1 saturated heterocycles. The third-order valence-electron chi connectivity index (χ3n) is 7.93. The van der Waals surface area contributed by atoms with E-state index in [2.05, 4.69) is 38.5 Å². The van der Waals surface area contributed by atoms with E-state index in [1.54, 1.807) is 29.9 Å². The molecule has 1 aliphatic rings. The average Bonchev–Trinajstić information content (AvgIpc) is 3.59. The molecule has 5 heterocycles. The predicted octanol–water partition coefficient (Wildman–Crippen LogP) is 4.43. The Bertz CT molecular complexity index is 1840. The van der Waals surface area contributed by atoms with Gasteiger partial charge in [-0.2, -0.15) is 15.5 Å². The molecule has 1 fully saturated rings. The smallest absolute Gasteiger partial charge is 0.259 e. The number of anilines is 1. The average molecular weight is 556 g/mol. The number of likely N-dealkylation sites (tertiary alicyclic amines) is 1. The van der Waals surface area contributed by atoms with Crippen LogP contribution in [0.25, 0.3) is 33.1 Å². The summed E-state index contributed by atoms with van der Waals surface area (Å²) in [6.45, 7) is 4.46. The van der Waals surface area contributed by atoms with Crippen molar-refractivity contribution in [2.24, 2.45) is 7.05 Å². The van der Waals surface area contributed by atoms with E-state index in [1.807, 2.05) is 29.9 Å². The molecule has 2 N–H and O–H groups in total. The zero-order chi connectivity index (χ0) is 28.0. The van der Waals surface area contributed by atoms with E-state index in [-0.39, 0.29) is 11.6 Å². The standard InChI is InChI=1S/C29H30ClN9O/c1-17-22(15-33-36-17)27-24(4-5-25(30)35-27)32-9-6-19-12-18(14-31)13-21-26(19)23-16-34-39(28(23)38(3)29(21)40)20-7-10-37(2)11-8-20/h4-5,12-13,15-16,20,32H,6-11H2,1-3H3,(H,33,36). The second-order valence-corrected chi connectivity index (χ2v) is 10.9. The Kier molecular flexibility index (Phi) is 6.78. The molecule has 6 rings (SSSR count). The molecule has 10 nitrogen and oxygen atoms in total. The van der Waals surface area contributed by atoms with Crippen LogP contribution < -0.4 is 10.9 Å². The summed E-state index contributed by atoms with van der Waals surface area (Å²) in [6, 6.07) is 9.71. The number of nitriles is 1. The maximum Gasteiger partial charge on any atom is 0.259 e. The van der Waals surface area contributed by atoms with Gasteiger partial charge in [0, 0.05) is 41.5 Å². The molecule has 0 atom stereocenters. The maximum atomic E-state index is 13.6. The second kappa shape index (κ2) is 10.4. The Morgan fingerprint density at radius 2 is 2.00 bits per heavy atom. The third kappa shape index (κ3) is 4.51. The van der Waals surface area contributed by atoms with Crippen LogP contribution in [0.5, 0.6) is 0 Å². The van der Waals surface area contributed by atoms with E-state index in [9.17, 15) is 10.1 Å². The van der Waals surface area contributed by atoms with E-state index in [0.29, 0.717) is 34.8 Å². The van der Waals surface area contributed by atoms with Gasteiger partial charge in [-0.05, 0) is 76.2 Å². The van der Waals surface area contributed by atoms with Crippen LogP contribution in [0.3, 0.4) is 0 Å². The molecule has 0 amide bonds. The molecule has 0 unspecified atom stereocenters. The number of rotatable bonds is 6. The van der Waals surface area contributed by atoms with Crippen LogP contribution in [0, 0.1) is 18.3 Å². The van der Waals surface area contributed by atoms with Gasteiger partial charge in [-0.25, -0.2) is 9.67 Å².